The van der Waals surface area contributed by atoms with E-state index in [1.165, 1.54) is 0 Å². The number of carbonyl (C=O) groups is 1. The third-order valence-corrected chi connectivity index (χ3v) is 2.47. The Morgan fingerprint density at radius 1 is 0.947 bits per heavy atom. The Bertz CT molecular complexity index is 624. The van der Waals surface area contributed by atoms with Crippen molar-refractivity contribution < 1.29 is 4.79 Å². The molecule has 0 heterocycles. The van der Waals surface area contributed by atoms with Crippen molar-refractivity contribution in [3.05, 3.63) is 65.7 Å². The first-order chi connectivity index (χ1) is 9.28. The number of benzene rings is 2. The first kappa shape index (κ1) is 12.7. The fraction of sp³-hybridized carbons (Fsp3) is 0.0625. The summed E-state index contributed by atoms with van der Waals surface area (Å²) in [6, 6.07) is 17.0. The lowest BCUT2D eigenvalue weighted by molar-refractivity contribution is 0.254. The van der Waals surface area contributed by atoms with Crippen LogP contribution >= 0.6 is 0 Å². The van der Waals surface area contributed by atoms with Crippen molar-refractivity contribution in [2.24, 2.45) is 0 Å². The zero-order valence-corrected chi connectivity index (χ0v) is 10.6. The van der Waals surface area contributed by atoms with E-state index < -0.39 is 0 Å². The highest BCUT2D eigenvalue weighted by molar-refractivity contribution is 5.89. The Kier molecular flexibility index (Phi) is 4.20. The molecule has 0 aliphatic heterocycles. The fourth-order valence-corrected chi connectivity index (χ4v) is 1.53. The number of hydrogen-bond acceptors (Lipinski definition) is 1. The quantitative estimate of drug-likeness (QED) is 0.751. The van der Waals surface area contributed by atoms with Crippen LogP contribution in [0.2, 0.25) is 0 Å². The Balaban J connectivity index is 2.16. The molecular formula is C16H14N2O. The van der Waals surface area contributed by atoms with E-state index in [1.54, 1.807) is 7.05 Å². The van der Waals surface area contributed by atoms with Gasteiger partial charge in [-0.2, -0.15) is 0 Å². The van der Waals surface area contributed by atoms with Gasteiger partial charge in [-0.15, -0.1) is 0 Å². The molecule has 0 aromatic heterocycles. The summed E-state index contributed by atoms with van der Waals surface area (Å²) in [4.78, 5) is 11.2. The fourth-order valence-electron chi connectivity index (χ4n) is 1.53. The van der Waals surface area contributed by atoms with Gasteiger partial charge in [0.1, 0.15) is 0 Å². The Morgan fingerprint density at radius 2 is 1.63 bits per heavy atom. The maximum atomic E-state index is 11.2. The highest BCUT2D eigenvalue weighted by Crippen LogP contribution is 2.09. The molecule has 0 saturated carbocycles. The van der Waals surface area contributed by atoms with Crippen molar-refractivity contribution in [2.45, 2.75) is 0 Å². The molecule has 2 rings (SSSR count). The minimum atomic E-state index is -0.242. The van der Waals surface area contributed by atoms with E-state index in [0.717, 1.165) is 16.8 Å². The maximum Gasteiger partial charge on any atom is 0.318 e. The van der Waals surface area contributed by atoms with Crippen molar-refractivity contribution in [2.75, 3.05) is 12.4 Å². The standard InChI is InChI=1S/C16H14N2O/c1-17-16(19)18-15-9-5-8-14(12-15)11-10-13-6-3-2-4-7-13/h2-9,12H,1H3,(H2,17,18,19). The normalized spacial score (nSPS) is 9.11. The number of carbonyl (C=O) groups excluding carboxylic acids is 1. The van der Waals surface area contributed by atoms with Crippen LogP contribution in [0.1, 0.15) is 11.1 Å². The molecule has 0 atom stereocenters. The van der Waals surface area contributed by atoms with E-state index in [4.69, 9.17) is 0 Å². The molecule has 0 saturated heterocycles. The van der Waals surface area contributed by atoms with Gasteiger partial charge in [0.25, 0.3) is 0 Å². The summed E-state index contributed by atoms with van der Waals surface area (Å²) < 4.78 is 0. The number of hydrogen-bond donors (Lipinski definition) is 2. The van der Waals surface area contributed by atoms with Crippen LogP contribution in [0.3, 0.4) is 0 Å². The Hall–Kier alpha value is -2.73. The van der Waals surface area contributed by atoms with Crippen molar-refractivity contribution >= 4 is 11.7 Å². The predicted octanol–water partition coefficient (Wildman–Crippen LogP) is 2.84. The van der Waals surface area contributed by atoms with Crippen LogP contribution in [-0.4, -0.2) is 13.1 Å². The van der Waals surface area contributed by atoms with Crippen LogP contribution < -0.4 is 10.6 Å². The Labute approximate surface area is 112 Å². The summed E-state index contributed by atoms with van der Waals surface area (Å²) in [6.45, 7) is 0. The monoisotopic (exact) mass is 250 g/mol. The third kappa shape index (κ3) is 3.90. The third-order valence-electron chi connectivity index (χ3n) is 2.47. The van der Waals surface area contributed by atoms with Crippen LogP contribution in [0.15, 0.2) is 54.6 Å². The molecule has 0 radical (unpaired) electrons. The minimum absolute atomic E-state index is 0.242. The molecule has 94 valence electrons. The van der Waals surface area contributed by atoms with Crippen LogP contribution in [0.5, 0.6) is 0 Å². The maximum absolute atomic E-state index is 11.2. The van der Waals surface area contributed by atoms with Gasteiger partial charge >= 0.3 is 6.03 Å². The largest absolute Gasteiger partial charge is 0.341 e. The summed E-state index contributed by atoms with van der Waals surface area (Å²) in [5.74, 6) is 6.15. The van der Waals surface area contributed by atoms with Gasteiger partial charge in [0.15, 0.2) is 0 Å². The zero-order chi connectivity index (χ0) is 13.5. The van der Waals surface area contributed by atoms with Crippen LogP contribution in [0, 0.1) is 11.8 Å². The van der Waals surface area contributed by atoms with E-state index in [0.29, 0.717) is 0 Å². The van der Waals surface area contributed by atoms with Gasteiger partial charge in [-0.05, 0) is 30.3 Å². The average Bonchev–Trinajstić information content (AvgIpc) is 2.46. The lowest BCUT2D eigenvalue weighted by atomic mass is 10.1. The number of rotatable bonds is 1. The average molecular weight is 250 g/mol. The van der Waals surface area contributed by atoms with Crippen LogP contribution in [-0.2, 0) is 0 Å². The van der Waals surface area contributed by atoms with E-state index >= 15 is 0 Å². The molecule has 3 heteroatoms. The predicted molar refractivity (Wildman–Crippen MR) is 76.9 cm³/mol. The van der Waals surface area contributed by atoms with E-state index in [2.05, 4.69) is 22.5 Å². The highest BCUT2D eigenvalue weighted by Gasteiger charge is 1.98. The molecule has 0 unspecified atom stereocenters. The minimum Gasteiger partial charge on any atom is -0.341 e. The first-order valence-corrected chi connectivity index (χ1v) is 5.94. The van der Waals surface area contributed by atoms with Crippen molar-refractivity contribution in [1.82, 2.24) is 5.32 Å². The smallest absolute Gasteiger partial charge is 0.318 e. The summed E-state index contributed by atoms with van der Waals surface area (Å²) >= 11 is 0. The van der Waals surface area contributed by atoms with Crippen molar-refractivity contribution in [3.8, 4) is 11.8 Å². The van der Waals surface area contributed by atoms with Gasteiger partial charge in [-0.25, -0.2) is 4.79 Å². The number of anilines is 1. The molecule has 2 aromatic rings. The second-order valence-corrected chi connectivity index (χ2v) is 3.90. The number of urea groups is 1. The van der Waals surface area contributed by atoms with Gasteiger partial charge in [0.2, 0.25) is 0 Å². The Morgan fingerprint density at radius 3 is 2.37 bits per heavy atom. The molecule has 2 amide bonds. The molecular weight excluding hydrogens is 236 g/mol. The second-order valence-electron chi connectivity index (χ2n) is 3.90. The molecule has 0 spiro atoms. The summed E-state index contributed by atoms with van der Waals surface area (Å²) in [6.07, 6.45) is 0. The molecule has 0 aliphatic carbocycles. The molecule has 2 aromatic carbocycles. The number of amides is 2. The van der Waals surface area contributed by atoms with E-state index in [-0.39, 0.29) is 6.03 Å². The highest BCUT2D eigenvalue weighted by atomic mass is 16.2. The summed E-state index contributed by atoms with van der Waals surface area (Å²) in [5, 5.41) is 5.22. The molecule has 0 bridgehead atoms. The number of nitrogens with one attached hydrogen (secondary N) is 2. The molecule has 3 nitrogen and oxygen atoms in total. The lowest BCUT2D eigenvalue weighted by Crippen LogP contribution is -2.24. The van der Waals surface area contributed by atoms with Gasteiger partial charge in [0.05, 0.1) is 0 Å². The van der Waals surface area contributed by atoms with Gasteiger partial charge < -0.3 is 10.6 Å². The topological polar surface area (TPSA) is 41.1 Å². The second kappa shape index (κ2) is 6.27. The van der Waals surface area contributed by atoms with Gasteiger partial charge in [0, 0.05) is 23.9 Å². The summed E-state index contributed by atoms with van der Waals surface area (Å²) in [7, 11) is 1.58. The van der Waals surface area contributed by atoms with Crippen LogP contribution in [0.4, 0.5) is 10.5 Å². The van der Waals surface area contributed by atoms with Crippen molar-refractivity contribution in [3.63, 3.8) is 0 Å². The molecule has 2 N–H and O–H groups in total. The van der Waals surface area contributed by atoms with Gasteiger partial charge in [-0.3, -0.25) is 0 Å². The van der Waals surface area contributed by atoms with Crippen LogP contribution in [0.25, 0.3) is 0 Å². The summed E-state index contributed by atoms with van der Waals surface area (Å²) in [5.41, 5.74) is 2.55. The zero-order valence-electron chi connectivity index (χ0n) is 10.6. The van der Waals surface area contributed by atoms with Crippen molar-refractivity contribution in [1.29, 1.82) is 0 Å². The molecule has 0 fully saturated rings. The molecule has 19 heavy (non-hydrogen) atoms. The molecule has 0 aliphatic rings. The lowest BCUT2D eigenvalue weighted by Gasteiger charge is -2.03. The van der Waals surface area contributed by atoms with Gasteiger partial charge in [-0.1, -0.05) is 36.1 Å². The van der Waals surface area contributed by atoms with E-state index in [9.17, 15) is 4.79 Å². The van der Waals surface area contributed by atoms with E-state index in [1.807, 2.05) is 54.6 Å². The SMILES string of the molecule is CNC(=O)Nc1cccc(C#Cc2ccccc2)c1. The first-order valence-electron chi connectivity index (χ1n) is 5.94.